The first-order valence-electron chi connectivity index (χ1n) is 11.6. The normalized spacial score (nSPS) is 12.8. The van der Waals surface area contributed by atoms with Gasteiger partial charge in [-0.05, 0) is 12.8 Å². The maximum atomic E-state index is 9.88. The maximum Gasteiger partial charge on any atom is 0.0709 e. The Balaban J connectivity index is 3.09. The van der Waals surface area contributed by atoms with Gasteiger partial charge in [0.2, 0.25) is 0 Å². The minimum atomic E-state index is -0.193. The van der Waals surface area contributed by atoms with E-state index >= 15 is 0 Å². The molecule has 0 aliphatic heterocycles. The average molecular weight is 372 g/mol. The number of unbranched alkanes of at least 4 members (excludes halogenated alkanes) is 15. The lowest BCUT2D eigenvalue weighted by Gasteiger charge is -2.13. The zero-order chi connectivity index (χ0) is 19.3. The molecule has 0 saturated heterocycles. The van der Waals surface area contributed by atoms with Crippen molar-refractivity contribution in [2.45, 2.75) is 129 Å². The Morgan fingerprint density at radius 3 is 1.38 bits per heavy atom. The maximum absolute atomic E-state index is 9.88. The van der Waals surface area contributed by atoms with Gasteiger partial charge in [0.1, 0.15) is 0 Å². The number of rotatable bonds is 21. The Hall–Kier alpha value is -0.120. The fourth-order valence-corrected chi connectivity index (χ4v) is 3.44. The second-order valence-corrected chi connectivity index (χ2v) is 8.18. The zero-order valence-corrected chi connectivity index (χ0v) is 18.3. The van der Waals surface area contributed by atoms with E-state index in [1.165, 1.54) is 96.3 Å². The molecule has 0 rings (SSSR count). The number of nitrogens with zero attached hydrogens (tertiary/aromatic N) is 1. The Labute approximate surface area is 164 Å². The van der Waals surface area contributed by atoms with Crippen LogP contribution in [0.2, 0.25) is 0 Å². The fraction of sp³-hybridized carbons (Fsp3) is 1.00. The SMILES string of the molecule is CCCCCCCCCCCCCCCCCCC(O)CCON(C)C. The molecule has 0 amide bonds. The molecule has 0 aromatic carbocycles. The van der Waals surface area contributed by atoms with Crippen LogP contribution in [0.1, 0.15) is 122 Å². The smallest absolute Gasteiger partial charge is 0.0709 e. The van der Waals surface area contributed by atoms with Crippen molar-refractivity contribution in [1.82, 2.24) is 5.06 Å². The van der Waals surface area contributed by atoms with Crippen LogP contribution < -0.4 is 0 Å². The van der Waals surface area contributed by atoms with Crippen molar-refractivity contribution >= 4 is 0 Å². The molecule has 0 fully saturated rings. The van der Waals surface area contributed by atoms with Gasteiger partial charge in [0.05, 0.1) is 12.7 Å². The summed E-state index contributed by atoms with van der Waals surface area (Å²) < 4.78 is 0. The highest BCUT2D eigenvalue weighted by Gasteiger charge is 2.04. The molecular formula is C23H49NO2. The van der Waals surface area contributed by atoms with Gasteiger partial charge in [-0.25, -0.2) is 0 Å². The molecule has 1 atom stereocenters. The molecule has 1 unspecified atom stereocenters. The summed E-state index contributed by atoms with van der Waals surface area (Å²) in [6.45, 7) is 2.90. The second-order valence-electron chi connectivity index (χ2n) is 8.18. The summed E-state index contributed by atoms with van der Waals surface area (Å²) in [5.74, 6) is 0. The van der Waals surface area contributed by atoms with Crippen LogP contribution in [0.15, 0.2) is 0 Å². The van der Waals surface area contributed by atoms with Crippen LogP contribution in [0.5, 0.6) is 0 Å². The first-order chi connectivity index (χ1) is 12.7. The summed E-state index contributed by atoms with van der Waals surface area (Å²) in [5.41, 5.74) is 0. The van der Waals surface area contributed by atoms with Crippen LogP contribution >= 0.6 is 0 Å². The lowest BCUT2D eigenvalue weighted by Crippen LogP contribution is -2.17. The summed E-state index contributed by atoms with van der Waals surface area (Å²) in [4.78, 5) is 5.32. The monoisotopic (exact) mass is 371 g/mol. The Morgan fingerprint density at radius 2 is 1.00 bits per heavy atom. The molecule has 0 heterocycles. The lowest BCUT2D eigenvalue weighted by molar-refractivity contribution is -0.126. The molecule has 0 spiro atoms. The summed E-state index contributed by atoms with van der Waals surface area (Å²) in [6, 6.07) is 0. The number of aliphatic hydroxyl groups is 1. The van der Waals surface area contributed by atoms with Crippen molar-refractivity contribution in [1.29, 1.82) is 0 Å². The van der Waals surface area contributed by atoms with Crippen molar-refractivity contribution in [2.75, 3.05) is 20.7 Å². The van der Waals surface area contributed by atoms with Crippen molar-refractivity contribution in [3.63, 3.8) is 0 Å². The Morgan fingerprint density at radius 1 is 0.615 bits per heavy atom. The zero-order valence-electron chi connectivity index (χ0n) is 18.3. The Bertz CT molecular complexity index is 259. The second kappa shape index (κ2) is 21.2. The highest BCUT2D eigenvalue weighted by Crippen LogP contribution is 2.14. The average Bonchev–Trinajstić information content (AvgIpc) is 2.61. The van der Waals surface area contributed by atoms with Crippen molar-refractivity contribution in [2.24, 2.45) is 0 Å². The molecule has 1 N–H and O–H groups in total. The molecule has 0 bridgehead atoms. The van der Waals surface area contributed by atoms with Crippen LogP contribution in [0.3, 0.4) is 0 Å². The summed E-state index contributed by atoms with van der Waals surface area (Å²) in [5, 5.41) is 11.6. The largest absolute Gasteiger partial charge is 0.393 e. The molecule has 0 aliphatic carbocycles. The van der Waals surface area contributed by atoms with Gasteiger partial charge in [-0.3, -0.25) is 4.84 Å². The molecule has 26 heavy (non-hydrogen) atoms. The predicted octanol–water partition coefficient (Wildman–Crippen LogP) is 6.88. The number of hydroxylamine groups is 2. The molecule has 158 valence electrons. The summed E-state index contributed by atoms with van der Waals surface area (Å²) >= 11 is 0. The van der Waals surface area contributed by atoms with Gasteiger partial charge in [0.25, 0.3) is 0 Å². The number of hydrogen-bond donors (Lipinski definition) is 1. The molecule has 0 radical (unpaired) electrons. The third-order valence-corrected chi connectivity index (χ3v) is 5.19. The Kier molecular flexibility index (Phi) is 21.1. The number of aliphatic hydroxyl groups excluding tert-OH is 1. The van der Waals surface area contributed by atoms with Crippen LogP contribution in [-0.4, -0.2) is 37.0 Å². The third-order valence-electron chi connectivity index (χ3n) is 5.19. The van der Waals surface area contributed by atoms with Crippen molar-refractivity contribution < 1.29 is 9.94 Å². The molecule has 0 aromatic heterocycles. The quantitative estimate of drug-likeness (QED) is 0.176. The first kappa shape index (κ1) is 25.9. The van der Waals surface area contributed by atoms with Gasteiger partial charge < -0.3 is 5.11 Å². The molecular weight excluding hydrogens is 322 g/mol. The number of hydrogen-bond acceptors (Lipinski definition) is 3. The molecule has 0 aromatic rings. The van der Waals surface area contributed by atoms with Crippen LogP contribution in [-0.2, 0) is 4.84 Å². The van der Waals surface area contributed by atoms with Crippen LogP contribution in [0.4, 0.5) is 0 Å². The van der Waals surface area contributed by atoms with E-state index in [1.54, 1.807) is 5.06 Å². The van der Waals surface area contributed by atoms with Gasteiger partial charge >= 0.3 is 0 Å². The highest BCUT2D eigenvalue weighted by atomic mass is 16.7. The minimum absolute atomic E-state index is 0.193. The van der Waals surface area contributed by atoms with E-state index in [4.69, 9.17) is 4.84 Å². The van der Waals surface area contributed by atoms with E-state index in [0.29, 0.717) is 6.61 Å². The van der Waals surface area contributed by atoms with Crippen LogP contribution in [0, 0.1) is 0 Å². The standard InChI is InChI=1S/C23H49NO2/c1-4-5-6-7-8-9-10-11-12-13-14-15-16-17-18-19-20-23(25)21-22-26-24(2)3/h23,25H,4-22H2,1-3H3. The summed E-state index contributed by atoms with van der Waals surface area (Å²) in [6.07, 6.45) is 23.8. The van der Waals surface area contributed by atoms with E-state index in [0.717, 1.165) is 19.3 Å². The van der Waals surface area contributed by atoms with E-state index in [-0.39, 0.29) is 6.10 Å². The van der Waals surface area contributed by atoms with Gasteiger partial charge in [-0.15, -0.1) is 0 Å². The van der Waals surface area contributed by atoms with E-state index in [9.17, 15) is 5.11 Å². The van der Waals surface area contributed by atoms with Crippen LogP contribution in [0.25, 0.3) is 0 Å². The van der Waals surface area contributed by atoms with Crippen molar-refractivity contribution in [3.8, 4) is 0 Å². The molecule has 3 heteroatoms. The van der Waals surface area contributed by atoms with E-state index in [1.807, 2.05) is 14.1 Å². The third kappa shape index (κ3) is 21.9. The van der Waals surface area contributed by atoms with Gasteiger partial charge in [-0.2, -0.15) is 5.06 Å². The predicted molar refractivity (Wildman–Crippen MR) is 114 cm³/mol. The lowest BCUT2D eigenvalue weighted by atomic mass is 10.0. The molecule has 0 aliphatic rings. The van der Waals surface area contributed by atoms with Gasteiger partial charge in [0.15, 0.2) is 0 Å². The topological polar surface area (TPSA) is 32.7 Å². The van der Waals surface area contributed by atoms with Gasteiger partial charge in [-0.1, -0.05) is 110 Å². The van der Waals surface area contributed by atoms with Gasteiger partial charge in [0, 0.05) is 14.1 Å². The molecule has 3 nitrogen and oxygen atoms in total. The summed E-state index contributed by atoms with van der Waals surface area (Å²) in [7, 11) is 3.75. The molecule has 0 saturated carbocycles. The fourth-order valence-electron chi connectivity index (χ4n) is 3.44. The van der Waals surface area contributed by atoms with E-state index < -0.39 is 0 Å². The minimum Gasteiger partial charge on any atom is -0.393 e. The van der Waals surface area contributed by atoms with E-state index in [2.05, 4.69) is 6.92 Å². The highest BCUT2D eigenvalue weighted by molar-refractivity contribution is 4.56. The first-order valence-corrected chi connectivity index (χ1v) is 11.6. The van der Waals surface area contributed by atoms with Crippen molar-refractivity contribution in [3.05, 3.63) is 0 Å².